The summed E-state index contributed by atoms with van der Waals surface area (Å²) in [6, 6.07) is 6.10. The van der Waals surface area contributed by atoms with Crippen LogP contribution in [0.15, 0.2) is 30.3 Å². The zero-order valence-corrected chi connectivity index (χ0v) is 19.6. The first kappa shape index (κ1) is 29.9. The molecule has 3 amide bonds. The van der Waals surface area contributed by atoms with Gasteiger partial charge in [0.05, 0.1) is 6.42 Å². The number of nitrogens with one attached hydrogen (secondary N) is 3. The Morgan fingerprint density at radius 1 is 0.778 bits per heavy atom. The van der Waals surface area contributed by atoms with Gasteiger partial charge in [0.2, 0.25) is 11.8 Å². The summed E-state index contributed by atoms with van der Waals surface area (Å²) in [6.07, 6.45) is -0.637. The molecule has 13 heteroatoms. The fraction of sp³-hybridized carbons (Fsp3) is 0.478. The zero-order chi connectivity index (χ0) is 26.9. The van der Waals surface area contributed by atoms with Crippen LogP contribution in [0.3, 0.4) is 0 Å². The normalized spacial score (nSPS) is 12.0. The molecular weight excluding hydrogens is 478 g/mol. The van der Waals surface area contributed by atoms with Crippen molar-refractivity contribution in [3.8, 4) is 0 Å². The second kappa shape index (κ2) is 16.5. The molecule has 6 N–H and O–H groups in total. The molecule has 0 fully saturated rings. The highest BCUT2D eigenvalue weighted by Gasteiger charge is 2.26. The van der Waals surface area contributed by atoms with Gasteiger partial charge >= 0.3 is 24.0 Å². The number of alkyl carbamates (subject to hydrolysis) is 1. The molecule has 2 atom stereocenters. The number of carboxylic acid groups (broad SMARTS) is 3. The molecule has 0 radical (unpaired) electrons. The Balaban J connectivity index is 2.27. The molecule has 13 nitrogen and oxygen atoms in total. The third-order valence-corrected chi connectivity index (χ3v) is 4.87. The van der Waals surface area contributed by atoms with Crippen LogP contribution in [0.2, 0.25) is 0 Å². The highest BCUT2D eigenvalue weighted by atomic mass is 16.5. The Bertz CT molecular complexity index is 907. The molecule has 0 spiro atoms. The molecule has 0 saturated heterocycles. The molecule has 0 saturated carbocycles. The van der Waals surface area contributed by atoms with Crippen LogP contribution in [0.25, 0.3) is 0 Å². The number of benzene rings is 1. The molecule has 0 aliphatic heterocycles. The van der Waals surface area contributed by atoms with Crippen molar-refractivity contribution in [2.24, 2.45) is 0 Å². The number of unbranched alkanes of at least 4 members (excludes halogenated alkanes) is 2. The van der Waals surface area contributed by atoms with Crippen LogP contribution in [0.4, 0.5) is 4.79 Å². The summed E-state index contributed by atoms with van der Waals surface area (Å²) in [4.78, 5) is 68.9. The van der Waals surface area contributed by atoms with Gasteiger partial charge in [0.1, 0.15) is 18.7 Å². The fourth-order valence-corrected chi connectivity index (χ4v) is 2.98. The maximum atomic E-state index is 12.1. The van der Waals surface area contributed by atoms with Gasteiger partial charge in [-0.3, -0.25) is 14.4 Å². The van der Waals surface area contributed by atoms with Gasteiger partial charge in [-0.2, -0.15) is 0 Å². The predicted octanol–water partition coefficient (Wildman–Crippen LogP) is 0.867. The van der Waals surface area contributed by atoms with Crippen molar-refractivity contribution in [2.45, 2.75) is 63.6 Å². The van der Waals surface area contributed by atoms with E-state index in [0.717, 1.165) is 5.56 Å². The number of amides is 3. The lowest BCUT2D eigenvalue weighted by atomic mass is 10.1. The lowest BCUT2D eigenvalue weighted by Gasteiger charge is -2.17. The van der Waals surface area contributed by atoms with Gasteiger partial charge in [-0.1, -0.05) is 36.8 Å². The SMILES string of the molecule is O=C(O)CC[C@H](NC(=O)C[C@@H](NC(=O)CCCCCNC(=O)OCc1ccccc1)C(=O)O)C(=O)O. The molecule has 1 aromatic carbocycles. The van der Waals surface area contributed by atoms with E-state index in [4.69, 9.17) is 14.9 Å². The smallest absolute Gasteiger partial charge is 0.407 e. The summed E-state index contributed by atoms with van der Waals surface area (Å²) in [5.41, 5.74) is 0.857. The number of hydrogen-bond acceptors (Lipinski definition) is 7. The van der Waals surface area contributed by atoms with E-state index in [-0.39, 0.29) is 19.4 Å². The Labute approximate surface area is 207 Å². The van der Waals surface area contributed by atoms with Crippen LogP contribution in [0, 0.1) is 0 Å². The molecule has 0 aromatic heterocycles. The second-order valence-corrected chi connectivity index (χ2v) is 7.85. The molecular formula is C23H31N3O10. The summed E-state index contributed by atoms with van der Waals surface area (Å²) in [5, 5.41) is 33.8. The van der Waals surface area contributed by atoms with Gasteiger partial charge in [-0.15, -0.1) is 0 Å². The van der Waals surface area contributed by atoms with Crippen molar-refractivity contribution >= 4 is 35.8 Å². The zero-order valence-electron chi connectivity index (χ0n) is 19.6. The van der Waals surface area contributed by atoms with Crippen LogP contribution in [0.1, 0.15) is 50.5 Å². The van der Waals surface area contributed by atoms with Gasteiger partial charge in [0.25, 0.3) is 0 Å². The number of ether oxygens (including phenoxy) is 1. The number of carboxylic acids is 3. The van der Waals surface area contributed by atoms with E-state index in [1.165, 1.54) is 0 Å². The van der Waals surface area contributed by atoms with Crippen molar-refractivity contribution in [3.63, 3.8) is 0 Å². The predicted molar refractivity (Wildman–Crippen MR) is 124 cm³/mol. The first-order valence-electron chi connectivity index (χ1n) is 11.3. The van der Waals surface area contributed by atoms with Crippen molar-refractivity contribution in [1.82, 2.24) is 16.0 Å². The summed E-state index contributed by atoms with van der Waals surface area (Å²) >= 11 is 0. The van der Waals surface area contributed by atoms with E-state index in [0.29, 0.717) is 25.8 Å². The highest BCUT2D eigenvalue weighted by Crippen LogP contribution is 2.04. The molecule has 36 heavy (non-hydrogen) atoms. The molecule has 198 valence electrons. The van der Waals surface area contributed by atoms with Gasteiger partial charge in [0.15, 0.2) is 0 Å². The summed E-state index contributed by atoms with van der Waals surface area (Å²) in [7, 11) is 0. The van der Waals surface area contributed by atoms with Gasteiger partial charge < -0.3 is 36.0 Å². The van der Waals surface area contributed by atoms with Crippen LogP contribution >= 0.6 is 0 Å². The quantitative estimate of drug-likeness (QED) is 0.163. The Morgan fingerprint density at radius 2 is 1.42 bits per heavy atom. The van der Waals surface area contributed by atoms with Crippen molar-refractivity contribution < 1.29 is 48.8 Å². The molecule has 0 unspecified atom stereocenters. The molecule has 0 heterocycles. The largest absolute Gasteiger partial charge is 0.481 e. The van der Waals surface area contributed by atoms with E-state index in [2.05, 4.69) is 16.0 Å². The molecule has 0 aliphatic carbocycles. The van der Waals surface area contributed by atoms with Crippen molar-refractivity contribution in [1.29, 1.82) is 0 Å². The van der Waals surface area contributed by atoms with Crippen LogP contribution in [-0.4, -0.2) is 69.8 Å². The summed E-state index contributed by atoms with van der Waals surface area (Å²) in [6.45, 7) is 0.481. The number of aliphatic carboxylic acids is 3. The third kappa shape index (κ3) is 13.5. The summed E-state index contributed by atoms with van der Waals surface area (Å²) in [5.74, 6) is -5.74. The first-order chi connectivity index (χ1) is 17.1. The van der Waals surface area contributed by atoms with Gasteiger partial charge in [-0.25, -0.2) is 14.4 Å². The lowest BCUT2D eigenvalue weighted by molar-refractivity contribution is -0.145. The fourth-order valence-electron chi connectivity index (χ4n) is 2.98. The summed E-state index contributed by atoms with van der Waals surface area (Å²) < 4.78 is 5.07. The monoisotopic (exact) mass is 509 g/mol. The van der Waals surface area contributed by atoms with E-state index < -0.39 is 60.7 Å². The molecule has 1 rings (SSSR count). The Kier molecular flexibility index (Phi) is 13.7. The molecule has 0 aliphatic rings. The van der Waals surface area contributed by atoms with E-state index in [1.54, 1.807) is 0 Å². The highest BCUT2D eigenvalue weighted by molar-refractivity contribution is 5.90. The Hall–Kier alpha value is -4.16. The van der Waals surface area contributed by atoms with Crippen molar-refractivity contribution in [3.05, 3.63) is 35.9 Å². The molecule has 0 bridgehead atoms. The standard InChI is InChI=1S/C23H31N3O10/c27-18(9-5-2-6-12-24-23(35)36-14-15-7-3-1-4-8-15)26-17(22(33)34)13-19(28)25-16(21(31)32)10-11-20(29)30/h1,3-4,7-8,16-17H,2,5-6,9-14H2,(H,24,35)(H,25,28)(H,26,27)(H,29,30)(H,31,32)(H,33,34)/t16-,17+/m0/s1. The maximum Gasteiger partial charge on any atom is 0.407 e. The van der Waals surface area contributed by atoms with E-state index in [9.17, 15) is 33.9 Å². The van der Waals surface area contributed by atoms with Crippen LogP contribution in [0.5, 0.6) is 0 Å². The van der Waals surface area contributed by atoms with E-state index in [1.807, 2.05) is 30.3 Å². The number of hydrogen-bond donors (Lipinski definition) is 6. The van der Waals surface area contributed by atoms with Gasteiger partial charge in [0, 0.05) is 19.4 Å². The average Bonchev–Trinajstić information content (AvgIpc) is 2.82. The minimum Gasteiger partial charge on any atom is -0.481 e. The minimum atomic E-state index is -1.58. The first-order valence-corrected chi connectivity index (χ1v) is 11.3. The lowest BCUT2D eigenvalue weighted by Crippen LogP contribution is -2.47. The molecule has 1 aromatic rings. The van der Waals surface area contributed by atoms with Gasteiger partial charge in [-0.05, 0) is 24.8 Å². The third-order valence-electron chi connectivity index (χ3n) is 4.87. The number of carbonyl (C=O) groups excluding carboxylic acids is 3. The minimum absolute atomic E-state index is 0.0137. The topological polar surface area (TPSA) is 208 Å². The van der Waals surface area contributed by atoms with Crippen molar-refractivity contribution in [2.75, 3.05) is 6.54 Å². The van der Waals surface area contributed by atoms with Crippen LogP contribution in [-0.2, 0) is 35.3 Å². The second-order valence-electron chi connectivity index (χ2n) is 7.85. The average molecular weight is 510 g/mol. The maximum absolute atomic E-state index is 12.1. The number of carbonyl (C=O) groups is 6. The Morgan fingerprint density at radius 3 is 2.03 bits per heavy atom. The van der Waals surface area contributed by atoms with Crippen LogP contribution < -0.4 is 16.0 Å². The van der Waals surface area contributed by atoms with E-state index >= 15 is 0 Å². The number of rotatable bonds is 17.